The molecule has 2 heterocycles. The van der Waals surface area contributed by atoms with E-state index in [0.29, 0.717) is 0 Å². The average Bonchev–Trinajstić information content (AvgIpc) is 2.56. The summed E-state index contributed by atoms with van der Waals surface area (Å²) in [5.41, 5.74) is 0. The Balaban J connectivity index is 1.76. The molecule has 2 fully saturated rings. The lowest BCUT2D eigenvalue weighted by atomic mass is 9.86. The van der Waals surface area contributed by atoms with Gasteiger partial charge in [0, 0.05) is 22.9 Å². The maximum Gasteiger partial charge on any atom is 0.239 e. The smallest absolute Gasteiger partial charge is 0.239 e. The molecular formula is C17H30IN3O2. The number of carbonyl (C=O) groups is 2. The Kier molecular flexibility index (Phi) is 8.09. The van der Waals surface area contributed by atoms with Crippen LogP contribution in [0.2, 0.25) is 0 Å². The number of hydrogen-bond acceptors (Lipinski definition) is 3. The van der Waals surface area contributed by atoms with Gasteiger partial charge in [-0.2, -0.15) is 0 Å². The minimum Gasteiger partial charge on any atom is -0.351 e. The van der Waals surface area contributed by atoms with E-state index in [1.54, 1.807) is 4.90 Å². The van der Waals surface area contributed by atoms with Crippen LogP contribution in [0, 0.1) is 11.8 Å². The Bertz CT molecular complexity index is 399. The number of likely N-dealkylation sites (tertiary alicyclic amines) is 1. The van der Waals surface area contributed by atoms with Gasteiger partial charge in [-0.1, -0.05) is 22.6 Å². The second-order valence-corrected chi connectivity index (χ2v) is 7.87. The van der Waals surface area contributed by atoms with Gasteiger partial charge < -0.3 is 15.5 Å². The monoisotopic (exact) mass is 435 g/mol. The topological polar surface area (TPSA) is 61.4 Å². The number of halogens is 1. The van der Waals surface area contributed by atoms with Crippen molar-refractivity contribution in [3.63, 3.8) is 0 Å². The maximum atomic E-state index is 12.6. The molecule has 0 saturated carbocycles. The highest BCUT2D eigenvalue weighted by Gasteiger charge is 2.30. The van der Waals surface area contributed by atoms with Crippen molar-refractivity contribution in [2.75, 3.05) is 30.6 Å². The molecule has 2 aliphatic rings. The van der Waals surface area contributed by atoms with Crippen LogP contribution in [-0.2, 0) is 9.59 Å². The average molecular weight is 435 g/mol. The Morgan fingerprint density at radius 3 is 2.78 bits per heavy atom. The molecule has 2 rings (SSSR count). The minimum atomic E-state index is -0.0264. The van der Waals surface area contributed by atoms with Gasteiger partial charge in [-0.3, -0.25) is 9.59 Å². The molecule has 0 radical (unpaired) electrons. The molecule has 2 atom stereocenters. The number of piperidine rings is 2. The van der Waals surface area contributed by atoms with Gasteiger partial charge >= 0.3 is 0 Å². The van der Waals surface area contributed by atoms with Crippen molar-refractivity contribution in [1.29, 1.82) is 0 Å². The first kappa shape index (κ1) is 19.0. The first-order chi connectivity index (χ1) is 11.1. The first-order valence-corrected chi connectivity index (χ1v) is 10.5. The van der Waals surface area contributed by atoms with Crippen molar-refractivity contribution < 1.29 is 9.59 Å². The SMILES string of the molecule is C[C@H](CI)NC(=O)CN1CCC[C@@H](CCC2CCNCC2)C1=O. The van der Waals surface area contributed by atoms with Crippen LogP contribution < -0.4 is 10.6 Å². The zero-order valence-electron chi connectivity index (χ0n) is 14.2. The molecule has 2 saturated heterocycles. The minimum absolute atomic E-state index is 0.0264. The summed E-state index contributed by atoms with van der Waals surface area (Å²) in [5, 5.41) is 6.34. The molecule has 2 amide bonds. The number of nitrogens with zero attached hydrogens (tertiary/aromatic N) is 1. The van der Waals surface area contributed by atoms with Crippen molar-refractivity contribution in [1.82, 2.24) is 15.5 Å². The van der Waals surface area contributed by atoms with E-state index in [4.69, 9.17) is 0 Å². The molecule has 2 aliphatic heterocycles. The predicted molar refractivity (Wildman–Crippen MR) is 101 cm³/mol. The van der Waals surface area contributed by atoms with E-state index in [-0.39, 0.29) is 30.3 Å². The van der Waals surface area contributed by atoms with Crippen molar-refractivity contribution in [2.24, 2.45) is 11.8 Å². The first-order valence-electron chi connectivity index (χ1n) is 8.95. The van der Waals surface area contributed by atoms with Gasteiger partial charge in [0.1, 0.15) is 0 Å². The molecule has 0 bridgehead atoms. The summed E-state index contributed by atoms with van der Waals surface area (Å²) in [7, 11) is 0. The fourth-order valence-electron chi connectivity index (χ4n) is 3.58. The Hall–Kier alpha value is -0.370. The summed E-state index contributed by atoms with van der Waals surface area (Å²) >= 11 is 2.26. The van der Waals surface area contributed by atoms with Gasteiger partial charge in [-0.15, -0.1) is 0 Å². The zero-order valence-corrected chi connectivity index (χ0v) is 16.3. The molecule has 0 aliphatic carbocycles. The quantitative estimate of drug-likeness (QED) is 0.475. The summed E-state index contributed by atoms with van der Waals surface area (Å²) in [6, 6.07) is 0.165. The van der Waals surface area contributed by atoms with Crippen LogP contribution in [0.3, 0.4) is 0 Å². The molecule has 6 heteroatoms. The van der Waals surface area contributed by atoms with E-state index < -0.39 is 0 Å². The molecule has 0 unspecified atom stereocenters. The van der Waals surface area contributed by atoms with Crippen LogP contribution in [0.4, 0.5) is 0 Å². The second kappa shape index (κ2) is 9.81. The number of rotatable bonds is 7. The zero-order chi connectivity index (χ0) is 16.7. The Morgan fingerprint density at radius 2 is 2.09 bits per heavy atom. The Morgan fingerprint density at radius 1 is 1.35 bits per heavy atom. The second-order valence-electron chi connectivity index (χ2n) is 6.99. The van der Waals surface area contributed by atoms with E-state index in [1.165, 1.54) is 12.8 Å². The third-order valence-electron chi connectivity index (χ3n) is 5.00. The summed E-state index contributed by atoms with van der Waals surface area (Å²) < 4.78 is 0.885. The molecular weight excluding hydrogens is 405 g/mol. The normalized spacial score (nSPS) is 24.5. The van der Waals surface area contributed by atoms with Gasteiger partial charge in [-0.05, 0) is 64.5 Å². The van der Waals surface area contributed by atoms with E-state index in [9.17, 15) is 9.59 Å². The van der Waals surface area contributed by atoms with E-state index >= 15 is 0 Å². The van der Waals surface area contributed by atoms with Crippen molar-refractivity contribution in [3.8, 4) is 0 Å². The lowest BCUT2D eigenvalue weighted by Crippen LogP contribution is -2.48. The third-order valence-corrected chi connectivity index (χ3v) is 6.32. The number of nitrogens with one attached hydrogen (secondary N) is 2. The van der Waals surface area contributed by atoms with Gasteiger partial charge in [0.2, 0.25) is 11.8 Å². The summed E-state index contributed by atoms with van der Waals surface area (Å²) in [6.45, 7) is 5.18. The van der Waals surface area contributed by atoms with Crippen molar-refractivity contribution in [2.45, 2.75) is 51.5 Å². The number of carbonyl (C=O) groups excluding carboxylic acids is 2. The third kappa shape index (κ3) is 6.21. The van der Waals surface area contributed by atoms with E-state index in [2.05, 4.69) is 33.2 Å². The lowest BCUT2D eigenvalue weighted by molar-refractivity contribution is -0.142. The largest absolute Gasteiger partial charge is 0.351 e. The van der Waals surface area contributed by atoms with Crippen LogP contribution in [0.1, 0.15) is 45.4 Å². The van der Waals surface area contributed by atoms with Gasteiger partial charge in [0.25, 0.3) is 0 Å². The van der Waals surface area contributed by atoms with Gasteiger partial charge in [-0.25, -0.2) is 0 Å². The highest BCUT2D eigenvalue weighted by atomic mass is 127. The van der Waals surface area contributed by atoms with E-state index in [1.807, 2.05) is 6.92 Å². The molecule has 0 aromatic heterocycles. The summed E-state index contributed by atoms with van der Waals surface area (Å²) in [4.78, 5) is 26.4. The van der Waals surface area contributed by atoms with Gasteiger partial charge in [0.15, 0.2) is 0 Å². The molecule has 132 valence electrons. The molecule has 2 N–H and O–H groups in total. The van der Waals surface area contributed by atoms with Gasteiger partial charge in [0.05, 0.1) is 6.54 Å². The summed E-state index contributed by atoms with van der Waals surface area (Å²) in [5.74, 6) is 1.07. The van der Waals surface area contributed by atoms with Crippen LogP contribution in [0.25, 0.3) is 0 Å². The molecule has 0 aromatic carbocycles. The highest BCUT2D eigenvalue weighted by molar-refractivity contribution is 14.1. The lowest BCUT2D eigenvalue weighted by Gasteiger charge is -2.33. The number of hydrogen-bond donors (Lipinski definition) is 2. The van der Waals surface area contributed by atoms with Crippen LogP contribution >= 0.6 is 22.6 Å². The maximum absolute atomic E-state index is 12.6. The number of amides is 2. The van der Waals surface area contributed by atoms with Crippen LogP contribution in [0.15, 0.2) is 0 Å². The number of alkyl halides is 1. The fourth-order valence-corrected chi connectivity index (χ4v) is 3.81. The van der Waals surface area contributed by atoms with Crippen LogP contribution in [0.5, 0.6) is 0 Å². The molecule has 0 spiro atoms. The molecule has 5 nitrogen and oxygen atoms in total. The van der Waals surface area contributed by atoms with Crippen molar-refractivity contribution in [3.05, 3.63) is 0 Å². The molecule has 23 heavy (non-hydrogen) atoms. The Labute approximate surface area is 153 Å². The fraction of sp³-hybridized carbons (Fsp3) is 0.882. The predicted octanol–water partition coefficient (Wildman–Crippen LogP) is 1.94. The van der Waals surface area contributed by atoms with Crippen molar-refractivity contribution >= 4 is 34.4 Å². The van der Waals surface area contributed by atoms with E-state index in [0.717, 1.165) is 55.7 Å². The molecule has 0 aromatic rings. The highest BCUT2D eigenvalue weighted by Crippen LogP contribution is 2.27. The standard InChI is InChI=1S/C17H30IN3O2/c1-13(11-18)20-16(22)12-21-10-2-3-15(17(21)23)5-4-14-6-8-19-9-7-14/h13-15,19H,2-12H2,1H3,(H,20,22)/t13-,15+/m1/s1. The van der Waals surface area contributed by atoms with Crippen LogP contribution in [-0.4, -0.2) is 53.4 Å². The summed E-state index contributed by atoms with van der Waals surface area (Å²) in [6.07, 6.45) is 6.64.